The van der Waals surface area contributed by atoms with Crippen molar-refractivity contribution in [1.82, 2.24) is 0 Å². The van der Waals surface area contributed by atoms with Gasteiger partial charge >= 0.3 is 0 Å². The molecule has 0 saturated carbocycles. The maximum absolute atomic E-state index is 9.09. The lowest BCUT2D eigenvalue weighted by molar-refractivity contribution is -0.0602. The first-order chi connectivity index (χ1) is 6.84. The summed E-state index contributed by atoms with van der Waals surface area (Å²) in [4.78, 5) is 0. The zero-order valence-corrected chi connectivity index (χ0v) is 7.93. The van der Waals surface area contributed by atoms with Crippen molar-refractivity contribution in [2.45, 2.75) is 25.4 Å². The van der Waals surface area contributed by atoms with E-state index in [1.165, 1.54) is 0 Å². The van der Waals surface area contributed by atoms with Crippen molar-refractivity contribution >= 4 is 0 Å². The Bertz CT molecular complexity index is 273. The molecule has 0 amide bonds. The van der Waals surface area contributed by atoms with E-state index in [0.29, 0.717) is 19.6 Å². The fourth-order valence-corrected chi connectivity index (χ4v) is 1.48. The fraction of sp³-hybridized carbons (Fsp3) is 0.455. The first kappa shape index (κ1) is 9.65. The standard InChI is InChI=1S/C11H14O3/c12-11-6-10(8-14-11)13-7-9-4-2-1-3-5-9/h1-5,10-12H,6-8H2/t10-,11?/m0/s1. The Morgan fingerprint density at radius 1 is 1.36 bits per heavy atom. The monoisotopic (exact) mass is 194 g/mol. The van der Waals surface area contributed by atoms with Gasteiger partial charge in [-0.2, -0.15) is 0 Å². The van der Waals surface area contributed by atoms with E-state index in [4.69, 9.17) is 14.6 Å². The van der Waals surface area contributed by atoms with Gasteiger partial charge in [0, 0.05) is 6.42 Å². The van der Waals surface area contributed by atoms with Crippen LogP contribution < -0.4 is 0 Å². The van der Waals surface area contributed by atoms with Gasteiger partial charge < -0.3 is 14.6 Å². The summed E-state index contributed by atoms with van der Waals surface area (Å²) in [5.74, 6) is 0. The minimum atomic E-state index is -0.643. The van der Waals surface area contributed by atoms with Crippen LogP contribution in [0.1, 0.15) is 12.0 Å². The highest BCUT2D eigenvalue weighted by atomic mass is 16.6. The Morgan fingerprint density at radius 2 is 2.14 bits per heavy atom. The molecule has 1 heterocycles. The number of hydrogen-bond donors (Lipinski definition) is 1. The summed E-state index contributed by atoms with van der Waals surface area (Å²) in [6.45, 7) is 1.08. The van der Waals surface area contributed by atoms with Crippen molar-refractivity contribution < 1.29 is 14.6 Å². The average Bonchev–Trinajstić information content (AvgIpc) is 2.63. The predicted molar refractivity (Wildman–Crippen MR) is 51.6 cm³/mol. The number of rotatable bonds is 3. The molecular weight excluding hydrogens is 180 g/mol. The van der Waals surface area contributed by atoms with Gasteiger partial charge in [-0.25, -0.2) is 0 Å². The lowest BCUT2D eigenvalue weighted by Gasteiger charge is -2.09. The van der Waals surface area contributed by atoms with E-state index >= 15 is 0 Å². The number of ether oxygens (including phenoxy) is 2. The van der Waals surface area contributed by atoms with Crippen LogP contribution in [0.15, 0.2) is 30.3 Å². The summed E-state index contributed by atoms with van der Waals surface area (Å²) in [7, 11) is 0. The number of aliphatic hydroxyl groups is 1. The molecule has 76 valence electrons. The molecule has 0 bridgehead atoms. The summed E-state index contributed by atoms with van der Waals surface area (Å²) in [6.07, 6.45) is -0.0340. The highest BCUT2D eigenvalue weighted by Crippen LogP contribution is 2.15. The number of hydrogen-bond acceptors (Lipinski definition) is 3. The molecule has 1 unspecified atom stereocenters. The van der Waals surface area contributed by atoms with Crippen LogP contribution in [0, 0.1) is 0 Å². The first-order valence-electron chi connectivity index (χ1n) is 4.80. The third kappa shape index (κ3) is 2.54. The maximum atomic E-state index is 9.09. The molecule has 1 aliphatic heterocycles. The summed E-state index contributed by atoms with van der Waals surface area (Å²) in [5.41, 5.74) is 1.15. The third-order valence-corrected chi connectivity index (χ3v) is 2.27. The molecule has 1 aromatic rings. The Kier molecular flexibility index (Phi) is 3.14. The fourth-order valence-electron chi connectivity index (χ4n) is 1.48. The van der Waals surface area contributed by atoms with Gasteiger partial charge in [0.1, 0.15) is 0 Å². The molecule has 1 aliphatic rings. The quantitative estimate of drug-likeness (QED) is 0.788. The smallest absolute Gasteiger partial charge is 0.157 e. The second-order valence-corrected chi connectivity index (χ2v) is 3.44. The van der Waals surface area contributed by atoms with E-state index in [1.54, 1.807) is 0 Å². The molecular formula is C11H14O3. The van der Waals surface area contributed by atoms with Gasteiger partial charge in [0.25, 0.3) is 0 Å². The van der Waals surface area contributed by atoms with E-state index in [1.807, 2.05) is 30.3 Å². The van der Waals surface area contributed by atoms with Crippen LogP contribution in [0.3, 0.4) is 0 Å². The van der Waals surface area contributed by atoms with Gasteiger partial charge in [-0.3, -0.25) is 0 Å². The van der Waals surface area contributed by atoms with Crippen LogP contribution in [0.5, 0.6) is 0 Å². The molecule has 2 atom stereocenters. The van der Waals surface area contributed by atoms with Crippen LogP contribution in [-0.4, -0.2) is 24.1 Å². The first-order valence-corrected chi connectivity index (χ1v) is 4.80. The molecule has 3 nitrogen and oxygen atoms in total. The van der Waals surface area contributed by atoms with E-state index in [0.717, 1.165) is 5.56 Å². The highest BCUT2D eigenvalue weighted by molar-refractivity contribution is 5.13. The maximum Gasteiger partial charge on any atom is 0.157 e. The van der Waals surface area contributed by atoms with Crippen molar-refractivity contribution in [3.63, 3.8) is 0 Å². The lowest BCUT2D eigenvalue weighted by Crippen LogP contribution is -2.12. The van der Waals surface area contributed by atoms with Gasteiger partial charge in [0.2, 0.25) is 0 Å². The molecule has 0 aliphatic carbocycles. The van der Waals surface area contributed by atoms with Crippen molar-refractivity contribution in [2.24, 2.45) is 0 Å². The third-order valence-electron chi connectivity index (χ3n) is 2.27. The van der Waals surface area contributed by atoms with Crippen molar-refractivity contribution in [1.29, 1.82) is 0 Å². The molecule has 1 fully saturated rings. The SMILES string of the molecule is OC1C[C@H](OCc2ccccc2)CO1. The zero-order chi connectivity index (χ0) is 9.80. The Hall–Kier alpha value is -0.900. The van der Waals surface area contributed by atoms with Crippen LogP contribution in [-0.2, 0) is 16.1 Å². The Labute approximate surface area is 83.3 Å². The lowest BCUT2D eigenvalue weighted by atomic mass is 10.2. The van der Waals surface area contributed by atoms with Gasteiger partial charge in [0.05, 0.1) is 19.3 Å². The second kappa shape index (κ2) is 4.55. The normalized spacial score (nSPS) is 26.6. The minimum absolute atomic E-state index is 0.0326. The van der Waals surface area contributed by atoms with Crippen LogP contribution in [0.4, 0.5) is 0 Å². The van der Waals surface area contributed by atoms with Crippen molar-refractivity contribution in [3.05, 3.63) is 35.9 Å². The van der Waals surface area contributed by atoms with E-state index < -0.39 is 6.29 Å². The minimum Gasteiger partial charge on any atom is -0.371 e. The van der Waals surface area contributed by atoms with E-state index in [9.17, 15) is 0 Å². The molecule has 1 aromatic carbocycles. The zero-order valence-electron chi connectivity index (χ0n) is 7.93. The largest absolute Gasteiger partial charge is 0.371 e. The molecule has 14 heavy (non-hydrogen) atoms. The number of aliphatic hydroxyl groups excluding tert-OH is 1. The van der Waals surface area contributed by atoms with Crippen molar-refractivity contribution in [3.8, 4) is 0 Å². The molecule has 1 saturated heterocycles. The summed E-state index contributed by atoms with van der Waals surface area (Å²) in [5, 5.41) is 9.09. The Morgan fingerprint density at radius 3 is 2.79 bits per heavy atom. The second-order valence-electron chi connectivity index (χ2n) is 3.44. The van der Waals surface area contributed by atoms with Gasteiger partial charge in [-0.1, -0.05) is 30.3 Å². The molecule has 0 aromatic heterocycles. The summed E-state index contributed by atoms with van der Waals surface area (Å²) < 4.78 is 10.6. The molecule has 3 heteroatoms. The molecule has 2 rings (SSSR count). The molecule has 1 N–H and O–H groups in total. The summed E-state index contributed by atoms with van der Waals surface area (Å²) in [6, 6.07) is 9.99. The topological polar surface area (TPSA) is 38.7 Å². The van der Waals surface area contributed by atoms with E-state index in [2.05, 4.69) is 0 Å². The highest BCUT2D eigenvalue weighted by Gasteiger charge is 2.23. The van der Waals surface area contributed by atoms with Crippen LogP contribution >= 0.6 is 0 Å². The predicted octanol–water partition coefficient (Wildman–Crippen LogP) is 1.31. The van der Waals surface area contributed by atoms with Gasteiger partial charge in [0.15, 0.2) is 6.29 Å². The van der Waals surface area contributed by atoms with Crippen LogP contribution in [0.2, 0.25) is 0 Å². The number of benzene rings is 1. The molecule has 0 radical (unpaired) electrons. The molecule has 0 spiro atoms. The van der Waals surface area contributed by atoms with Crippen molar-refractivity contribution in [2.75, 3.05) is 6.61 Å². The average molecular weight is 194 g/mol. The van der Waals surface area contributed by atoms with Gasteiger partial charge in [-0.05, 0) is 5.56 Å². The Balaban J connectivity index is 1.78. The van der Waals surface area contributed by atoms with E-state index in [-0.39, 0.29) is 6.10 Å². The van der Waals surface area contributed by atoms with Crippen LogP contribution in [0.25, 0.3) is 0 Å². The summed E-state index contributed by atoms with van der Waals surface area (Å²) >= 11 is 0. The van der Waals surface area contributed by atoms with Gasteiger partial charge in [-0.15, -0.1) is 0 Å².